The maximum atomic E-state index is 5.68. The highest BCUT2D eigenvalue weighted by molar-refractivity contribution is 8.40. The quantitative estimate of drug-likeness (QED) is 0.678. The largest absolute Gasteiger partial charge is 0.142 e. The molecule has 0 unspecified atom stereocenters. The van der Waals surface area contributed by atoms with Gasteiger partial charge in [-0.25, -0.2) is 0 Å². The van der Waals surface area contributed by atoms with Gasteiger partial charge in [-0.15, -0.1) is 11.8 Å². The molecule has 6 heteroatoms. The van der Waals surface area contributed by atoms with E-state index in [0.29, 0.717) is 4.36 Å². The van der Waals surface area contributed by atoms with Crippen LogP contribution in [-0.4, -0.2) is 5.75 Å². The first-order valence-corrected chi connectivity index (χ1v) is 8.50. The van der Waals surface area contributed by atoms with Crippen molar-refractivity contribution in [3.63, 3.8) is 0 Å². The number of hydrogen-bond acceptors (Lipinski definition) is 2. The lowest BCUT2D eigenvalue weighted by molar-refractivity contribution is 1.53. The van der Waals surface area contributed by atoms with Crippen LogP contribution in [0, 0.1) is 0 Å². The molecule has 0 amide bonds. The molecule has 0 nitrogen and oxygen atoms in total. The Morgan fingerprint density at radius 2 is 2.20 bits per heavy atom. The number of rotatable bonds is 3. The highest BCUT2D eigenvalue weighted by Gasteiger charge is 2.04. The van der Waals surface area contributed by atoms with Crippen LogP contribution >= 0.6 is 50.6 Å². The van der Waals surface area contributed by atoms with E-state index in [1.807, 2.05) is 6.92 Å². The van der Waals surface area contributed by atoms with Crippen LogP contribution < -0.4 is 0 Å². The Balaban J connectivity index is 4.04. The lowest BCUT2D eigenvalue weighted by Crippen LogP contribution is -1.63. The van der Waals surface area contributed by atoms with Crippen molar-refractivity contribution >= 4 is 62.4 Å². The van der Waals surface area contributed by atoms with Crippen molar-refractivity contribution in [3.05, 3.63) is 10.2 Å². The van der Waals surface area contributed by atoms with E-state index in [4.69, 9.17) is 45.9 Å². The zero-order chi connectivity index (χ0) is 8.20. The maximum absolute atomic E-state index is 5.68. The molecule has 0 aromatic rings. The van der Waals surface area contributed by atoms with E-state index in [0.717, 1.165) is 5.75 Å². The van der Waals surface area contributed by atoms with E-state index >= 15 is 0 Å². The number of hydrogen-bond donors (Lipinski definition) is 0. The molecule has 0 aromatic heterocycles. The Bertz CT molecular complexity index is 173. The van der Waals surface area contributed by atoms with E-state index in [9.17, 15) is 0 Å². The van der Waals surface area contributed by atoms with Crippen molar-refractivity contribution in [2.45, 2.75) is 6.92 Å². The first-order valence-electron chi connectivity index (χ1n) is 2.46. The summed E-state index contributed by atoms with van der Waals surface area (Å²) in [5, 5.41) is 0. The summed E-state index contributed by atoms with van der Waals surface area (Å²) in [7, 11) is 0. The molecule has 0 aromatic carbocycles. The third-order valence-corrected chi connectivity index (χ3v) is 3.44. The fraction of sp³-hybridized carbons (Fsp3) is 0.500. The molecule has 0 aliphatic carbocycles. The second-order valence-electron chi connectivity index (χ2n) is 1.37. The van der Waals surface area contributed by atoms with Crippen molar-refractivity contribution in [1.29, 1.82) is 0 Å². The highest BCUT2D eigenvalue weighted by Crippen LogP contribution is 2.60. The Hall–Kier alpha value is 1.61. The van der Waals surface area contributed by atoms with Crippen molar-refractivity contribution in [2.75, 3.05) is 5.75 Å². The summed E-state index contributed by atoms with van der Waals surface area (Å²) in [5.41, 5.74) is 0. The van der Waals surface area contributed by atoms with E-state index in [1.54, 1.807) is 5.82 Å². The molecule has 0 fully saturated rings. The molecule has 0 aliphatic heterocycles. The Morgan fingerprint density at radius 3 is 2.50 bits per heavy atom. The van der Waals surface area contributed by atoms with Crippen molar-refractivity contribution < 1.29 is 0 Å². The van der Waals surface area contributed by atoms with E-state index in [-0.39, 0.29) is 0 Å². The standard InChI is InChI=1S/C4H6Cl3PS2/c1-2-10-4(5)3-8(6,7)9/h3H,2H2,1H3. The van der Waals surface area contributed by atoms with Gasteiger partial charge >= 0.3 is 0 Å². The molecule has 0 N–H and O–H groups in total. The van der Waals surface area contributed by atoms with Gasteiger partial charge in [0, 0.05) is 5.82 Å². The average Bonchev–Trinajstić information content (AvgIpc) is 1.59. The van der Waals surface area contributed by atoms with Crippen LogP contribution in [0.15, 0.2) is 10.2 Å². The van der Waals surface area contributed by atoms with Crippen LogP contribution in [-0.2, 0) is 11.8 Å². The molecule has 0 radical (unpaired) electrons. The topological polar surface area (TPSA) is 0 Å². The van der Waals surface area contributed by atoms with Crippen LogP contribution in [0.5, 0.6) is 0 Å². The first-order chi connectivity index (χ1) is 4.45. The molecule has 0 saturated heterocycles. The monoisotopic (exact) mass is 254 g/mol. The lowest BCUT2D eigenvalue weighted by atomic mass is 11.0. The Morgan fingerprint density at radius 1 is 1.70 bits per heavy atom. The third kappa shape index (κ3) is 7.71. The molecule has 0 spiro atoms. The number of halogens is 3. The average molecular weight is 256 g/mol. The summed E-state index contributed by atoms with van der Waals surface area (Å²) in [6, 6.07) is 0. The molecule has 0 bridgehead atoms. The molecule has 10 heavy (non-hydrogen) atoms. The van der Waals surface area contributed by atoms with Gasteiger partial charge in [-0.05, 0) is 5.75 Å². The molecular formula is C4H6Cl3PS2. The van der Waals surface area contributed by atoms with Gasteiger partial charge in [-0.1, -0.05) is 52.8 Å². The zero-order valence-corrected chi connectivity index (χ0v) is 9.98. The van der Waals surface area contributed by atoms with Crippen molar-refractivity contribution in [1.82, 2.24) is 0 Å². The van der Waals surface area contributed by atoms with Crippen LogP contribution in [0.3, 0.4) is 0 Å². The second kappa shape index (κ2) is 5.29. The minimum absolute atomic E-state index is 0.593. The van der Waals surface area contributed by atoms with Crippen LogP contribution in [0.2, 0.25) is 0 Å². The summed E-state index contributed by atoms with van der Waals surface area (Å²) < 4.78 is -1.70. The summed E-state index contributed by atoms with van der Waals surface area (Å²) in [5.74, 6) is 2.44. The van der Waals surface area contributed by atoms with Gasteiger partial charge in [0.25, 0.3) is 0 Å². The molecule has 0 heterocycles. The predicted octanol–water partition coefficient (Wildman–Crippen LogP) is 4.56. The fourth-order valence-corrected chi connectivity index (χ4v) is 4.27. The van der Waals surface area contributed by atoms with Gasteiger partial charge in [-0.2, -0.15) is 0 Å². The van der Waals surface area contributed by atoms with Gasteiger partial charge < -0.3 is 0 Å². The summed E-state index contributed by atoms with van der Waals surface area (Å²) in [4.78, 5) is 0. The minimum Gasteiger partial charge on any atom is -0.114 e. The Labute approximate surface area is 84.9 Å². The molecule has 0 saturated carbocycles. The Kier molecular flexibility index (Phi) is 6.14. The summed E-state index contributed by atoms with van der Waals surface area (Å²) in [6.45, 7) is 1.99. The second-order valence-corrected chi connectivity index (χ2v) is 11.2. The van der Waals surface area contributed by atoms with Gasteiger partial charge in [0.2, 0.25) is 0 Å². The van der Waals surface area contributed by atoms with Gasteiger partial charge in [-0.3, -0.25) is 0 Å². The van der Waals surface area contributed by atoms with Crippen LogP contribution in [0.4, 0.5) is 0 Å². The summed E-state index contributed by atoms with van der Waals surface area (Å²) in [6.07, 6.45) is 0. The van der Waals surface area contributed by atoms with Crippen molar-refractivity contribution in [2.24, 2.45) is 0 Å². The summed E-state index contributed by atoms with van der Waals surface area (Å²) >= 11 is 23.1. The van der Waals surface area contributed by atoms with Gasteiger partial charge in [0.05, 0.1) is 4.36 Å². The van der Waals surface area contributed by atoms with Crippen molar-refractivity contribution in [3.8, 4) is 0 Å². The van der Waals surface area contributed by atoms with E-state index in [2.05, 4.69) is 0 Å². The lowest BCUT2D eigenvalue weighted by Gasteiger charge is -1.97. The molecule has 0 rings (SSSR count). The van der Waals surface area contributed by atoms with Crippen LogP contribution in [0.1, 0.15) is 6.92 Å². The number of thioether (sulfide) groups is 1. The molecule has 0 aliphatic rings. The highest BCUT2D eigenvalue weighted by atomic mass is 35.9. The third-order valence-electron chi connectivity index (χ3n) is 0.534. The fourth-order valence-electron chi connectivity index (χ4n) is 0.293. The molecular weight excluding hydrogens is 250 g/mol. The zero-order valence-electron chi connectivity index (χ0n) is 5.18. The van der Waals surface area contributed by atoms with Gasteiger partial charge in [0.1, 0.15) is 4.74 Å². The molecule has 60 valence electrons. The maximum Gasteiger partial charge on any atom is 0.142 e. The van der Waals surface area contributed by atoms with E-state index in [1.165, 1.54) is 11.8 Å². The normalized spacial score (nSPS) is 13.8. The SMILES string of the molecule is CCSC(Cl)=CP(=S)(Cl)Cl. The minimum atomic E-state index is -2.29. The van der Waals surface area contributed by atoms with Gasteiger partial charge in [0.15, 0.2) is 0 Å². The van der Waals surface area contributed by atoms with Crippen LogP contribution in [0.25, 0.3) is 0 Å². The molecule has 0 atom stereocenters. The van der Waals surface area contributed by atoms with E-state index < -0.39 is 4.74 Å². The first kappa shape index (κ1) is 11.6. The smallest absolute Gasteiger partial charge is 0.114 e. The predicted molar refractivity (Wildman–Crippen MR) is 58.1 cm³/mol.